The summed E-state index contributed by atoms with van der Waals surface area (Å²) in [5, 5.41) is 7.41. The van der Waals surface area contributed by atoms with Gasteiger partial charge in [0.2, 0.25) is 5.91 Å². The monoisotopic (exact) mass is 411 g/mol. The number of hydrogen-bond donors (Lipinski definition) is 2. The highest BCUT2D eigenvalue weighted by Gasteiger charge is 2.15. The minimum Gasteiger partial charge on any atom is -0.326 e. The normalized spacial score (nSPS) is 11.2. The van der Waals surface area contributed by atoms with Crippen LogP contribution in [0.4, 0.5) is 15.2 Å². The van der Waals surface area contributed by atoms with Gasteiger partial charge in [0, 0.05) is 11.1 Å². The van der Waals surface area contributed by atoms with E-state index in [4.69, 9.17) is 0 Å². The number of halogens is 1. The first-order valence-corrected chi connectivity index (χ1v) is 10.0. The smallest absolute Gasteiger partial charge is 0.260 e. The van der Waals surface area contributed by atoms with E-state index in [0.29, 0.717) is 16.5 Å². The van der Waals surface area contributed by atoms with E-state index < -0.39 is 11.7 Å². The Morgan fingerprint density at radius 3 is 2.38 bits per heavy atom. The molecule has 1 aromatic heterocycles. The average Bonchev–Trinajstić information content (AvgIpc) is 3.08. The van der Waals surface area contributed by atoms with E-state index in [2.05, 4.69) is 36.4 Å². The maximum absolute atomic E-state index is 13.7. The van der Waals surface area contributed by atoms with E-state index in [9.17, 15) is 14.0 Å². The van der Waals surface area contributed by atoms with Crippen LogP contribution < -0.4 is 10.6 Å². The number of carbonyl (C=O) groups is 2. The average molecular weight is 412 g/mol. The molecule has 0 saturated heterocycles. The third kappa shape index (κ3) is 5.48. The van der Waals surface area contributed by atoms with Crippen molar-refractivity contribution in [3.63, 3.8) is 0 Å². The Morgan fingerprint density at radius 1 is 1.03 bits per heavy atom. The van der Waals surface area contributed by atoms with Crippen LogP contribution in [-0.4, -0.2) is 16.8 Å². The second-order valence-corrected chi connectivity index (χ2v) is 8.49. The molecule has 2 N–H and O–H groups in total. The molecule has 0 bridgehead atoms. The summed E-state index contributed by atoms with van der Waals surface area (Å²) in [4.78, 5) is 28.7. The molecule has 5 nitrogen and oxygen atoms in total. The zero-order valence-electron chi connectivity index (χ0n) is 16.5. The highest BCUT2D eigenvalue weighted by Crippen LogP contribution is 2.24. The molecule has 7 heteroatoms. The maximum Gasteiger partial charge on any atom is 0.260 e. The van der Waals surface area contributed by atoms with E-state index >= 15 is 0 Å². The summed E-state index contributed by atoms with van der Waals surface area (Å²) in [6.45, 7) is 6.39. The molecule has 0 unspecified atom stereocenters. The van der Waals surface area contributed by atoms with Crippen molar-refractivity contribution in [2.24, 2.45) is 0 Å². The number of benzene rings is 2. The summed E-state index contributed by atoms with van der Waals surface area (Å²) in [5.41, 5.74) is 2.42. The SMILES string of the molecule is CC(C)(C)c1ccc(NC(=O)Cc2csc(NC(=O)c3ccccc3F)n2)cc1. The fourth-order valence-corrected chi connectivity index (χ4v) is 3.38. The van der Waals surface area contributed by atoms with Crippen LogP contribution >= 0.6 is 11.3 Å². The number of thiazole rings is 1. The molecule has 3 aromatic rings. The summed E-state index contributed by atoms with van der Waals surface area (Å²) in [7, 11) is 0. The van der Waals surface area contributed by atoms with Crippen LogP contribution in [0, 0.1) is 5.82 Å². The van der Waals surface area contributed by atoms with Crippen molar-refractivity contribution in [1.29, 1.82) is 0 Å². The van der Waals surface area contributed by atoms with Gasteiger partial charge in [-0.1, -0.05) is 45.0 Å². The molecule has 0 aliphatic carbocycles. The second kappa shape index (κ2) is 8.53. The number of hydrogen-bond acceptors (Lipinski definition) is 4. The summed E-state index contributed by atoms with van der Waals surface area (Å²) in [5.74, 6) is -1.38. The third-order valence-corrected chi connectivity index (χ3v) is 5.07. The molecule has 150 valence electrons. The van der Waals surface area contributed by atoms with Crippen LogP contribution in [0.5, 0.6) is 0 Å². The lowest BCUT2D eigenvalue weighted by Crippen LogP contribution is -2.16. The fraction of sp³-hybridized carbons (Fsp3) is 0.227. The molecule has 0 radical (unpaired) electrons. The summed E-state index contributed by atoms with van der Waals surface area (Å²) < 4.78 is 13.7. The van der Waals surface area contributed by atoms with E-state index in [1.54, 1.807) is 11.4 Å². The highest BCUT2D eigenvalue weighted by molar-refractivity contribution is 7.14. The molecule has 0 fully saturated rings. The number of anilines is 2. The van der Waals surface area contributed by atoms with E-state index in [1.807, 2.05) is 24.3 Å². The Morgan fingerprint density at radius 2 is 1.72 bits per heavy atom. The minimum atomic E-state index is -0.598. The van der Waals surface area contributed by atoms with Crippen molar-refractivity contribution < 1.29 is 14.0 Å². The van der Waals surface area contributed by atoms with Crippen LogP contribution in [0.2, 0.25) is 0 Å². The molecule has 0 saturated carbocycles. The van der Waals surface area contributed by atoms with Crippen molar-refractivity contribution in [2.45, 2.75) is 32.6 Å². The van der Waals surface area contributed by atoms with Gasteiger partial charge in [0.15, 0.2) is 5.13 Å². The van der Waals surface area contributed by atoms with Gasteiger partial charge in [0.1, 0.15) is 5.82 Å². The minimum absolute atomic E-state index is 0.0483. The Balaban J connectivity index is 1.57. The van der Waals surface area contributed by atoms with Gasteiger partial charge in [-0.25, -0.2) is 9.37 Å². The van der Waals surface area contributed by atoms with Crippen molar-refractivity contribution in [3.8, 4) is 0 Å². The van der Waals surface area contributed by atoms with Gasteiger partial charge in [-0.05, 0) is 35.2 Å². The van der Waals surface area contributed by atoms with Gasteiger partial charge in [-0.3, -0.25) is 14.9 Å². The summed E-state index contributed by atoms with van der Waals surface area (Å²) in [6, 6.07) is 13.5. The Hall–Kier alpha value is -3.06. The number of rotatable bonds is 5. The standard InChI is InChI=1S/C22H22FN3O2S/c1-22(2,3)14-8-10-15(11-9-14)24-19(27)12-16-13-29-21(25-16)26-20(28)17-6-4-5-7-18(17)23/h4-11,13H,12H2,1-3H3,(H,24,27)(H,25,26,28). The molecule has 0 aliphatic heterocycles. The quantitative estimate of drug-likeness (QED) is 0.620. The molecular weight excluding hydrogens is 389 g/mol. The van der Waals surface area contributed by atoms with Crippen molar-refractivity contribution in [1.82, 2.24) is 4.98 Å². The van der Waals surface area contributed by atoms with Gasteiger partial charge in [0.25, 0.3) is 5.91 Å². The predicted octanol–water partition coefficient (Wildman–Crippen LogP) is 5.01. The van der Waals surface area contributed by atoms with Gasteiger partial charge in [-0.15, -0.1) is 11.3 Å². The first-order valence-electron chi connectivity index (χ1n) is 9.13. The lowest BCUT2D eigenvalue weighted by Gasteiger charge is -2.19. The molecule has 2 aromatic carbocycles. The van der Waals surface area contributed by atoms with Crippen LogP contribution in [0.1, 0.15) is 42.4 Å². The predicted molar refractivity (Wildman–Crippen MR) is 114 cm³/mol. The number of carbonyl (C=O) groups excluding carboxylic acids is 2. The molecule has 0 atom stereocenters. The van der Waals surface area contributed by atoms with Gasteiger partial charge >= 0.3 is 0 Å². The number of aromatic nitrogens is 1. The lowest BCUT2D eigenvalue weighted by molar-refractivity contribution is -0.115. The zero-order chi connectivity index (χ0) is 21.0. The Kier molecular flexibility index (Phi) is 6.08. The molecule has 0 spiro atoms. The van der Waals surface area contributed by atoms with Crippen LogP contribution in [0.25, 0.3) is 0 Å². The lowest BCUT2D eigenvalue weighted by atomic mass is 9.87. The van der Waals surface area contributed by atoms with Crippen LogP contribution in [-0.2, 0) is 16.6 Å². The first kappa shape index (κ1) is 20.7. The zero-order valence-corrected chi connectivity index (χ0v) is 17.3. The number of nitrogens with zero attached hydrogens (tertiary/aromatic N) is 1. The largest absolute Gasteiger partial charge is 0.326 e. The Labute approximate surface area is 173 Å². The van der Waals surface area contributed by atoms with Crippen molar-refractivity contribution >= 4 is 34.0 Å². The maximum atomic E-state index is 13.7. The van der Waals surface area contributed by atoms with E-state index in [-0.39, 0.29) is 23.3 Å². The third-order valence-electron chi connectivity index (χ3n) is 4.27. The Bertz CT molecular complexity index is 1020. The molecule has 3 rings (SSSR count). The molecule has 0 aliphatic rings. The first-order chi connectivity index (χ1) is 13.7. The second-order valence-electron chi connectivity index (χ2n) is 7.63. The summed E-state index contributed by atoms with van der Waals surface area (Å²) in [6.07, 6.45) is 0.0765. The highest BCUT2D eigenvalue weighted by atomic mass is 32.1. The number of amides is 2. The molecule has 1 heterocycles. The molecular formula is C22H22FN3O2S. The van der Waals surface area contributed by atoms with Crippen LogP contribution in [0.3, 0.4) is 0 Å². The van der Waals surface area contributed by atoms with Gasteiger partial charge < -0.3 is 5.32 Å². The molecule has 2 amide bonds. The fourth-order valence-electron chi connectivity index (χ4n) is 2.68. The van der Waals surface area contributed by atoms with Gasteiger partial charge in [-0.2, -0.15) is 0 Å². The van der Waals surface area contributed by atoms with E-state index in [1.165, 1.54) is 35.1 Å². The van der Waals surface area contributed by atoms with Crippen molar-refractivity contribution in [2.75, 3.05) is 10.6 Å². The number of nitrogens with one attached hydrogen (secondary N) is 2. The topological polar surface area (TPSA) is 71.1 Å². The van der Waals surface area contributed by atoms with Crippen molar-refractivity contribution in [3.05, 3.63) is 76.5 Å². The van der Waals surface area contributed by atoms with E-state index in [0.717, 1.165) is 0 Å². The molecule has 29 heavy (non-hydrogen) atoms. The van der Waals surface area contributed by atoms with Crippen LogP contribution in [0.15, 0.2) is 53.9 Å². The summed E-state index contributed by atoms with van der Waals surface area (Å²) >= 11 is 1.19. The van der Waals surface area contributed by atoms with Gasteiger partial charge in [0.05, 0.1) is 17.7 Å².